The van der Waals surface area contributed by atoms with Crippen molar-refractivity contribution in [2.75, 3.05) is 0 Å². The third-order valence-corrected chi connectivity index (χ3v) is 4.60. The predicted molar refractivity (Wildman–Crippen MR) is 62.9 cm³/mol. The van der Waals surface area contributed by atoms with E-state index in [1.165, 1.54) is 11.1 Å². The Morgan fingerprint density at radius 2 is 2.27 bits per heavy atom. The summed E-state index contributed by atoms with van der Waals surface area (Å²) in [6.07, 6.45) is 2.75. The summed E-state index contributed by atoms with van der Waals surface area (Å²) < 4.78 is 1.13. The molecule has 2 atom stereocenters. The van der Waals surface area contributed by atoms with Crippen molar-refractivity contribution in [2.24, 2.45) is 5.41 Å². The second kappa shape index (κ2) is 2.94. The van der Waals surface area contributed by atoms with E-state index in [1.54, 1.807) is 0 Å². The van der Waals surface area contributed by atoms with Crippen molar-refractivity contribution in [2.45, 2.75) is 32.1 Å². The van der Waals surface area contributed by atoms with E-state index in [0.717, 1.165) is 23.7 Å². The van der Waals surface area contributed by atoms with Crippen LogP contribution in [0.1, 0.15) is 36.8 Å². The molecule has 1 aromatic carbocycles. The van der Waals surface area contributed by atoms with Gasteiger partial charge in [0.1, 0.15) is 5.78 Å². The first-order chi connectivity index (χ1) is 7.11. The van der Waals surface area contributed by atoms with Gasteiger partial charge in [-0.05, 0) is 42.0 Å². The van der Waals surface area contributed by atoms with E-state index in [0.29, 0.717) is 11.7 Å². The van der Waals surface area contributed by atoms with Crippen molar-refractivity contribution in [1.82, 2.24) is 0 Å². The first kappa shape index (κ1) is 9.59. The fourth-order valence-electron chi connectivity index (χ4n) is 3.24. The Hall–Kier alpha value is -0.630. The molecule has 0 radical (unpaired) electrons. The van der Waals surface area contributed by atoms with Crippen molar-refractivity contribution in [3.8, 4) is 0 Å². The van der Waals surface area contributed by atoms with Gasteiger partial charge in [-0.1, -0.05) is 28.9 Å². The second-order valence-electron chi connectivity index (χ2n) is 4.95. The fraction of sp³-hybridized carbons (Fsp3) is 0.462. The third kappa shape index (κ3) is 1.17. The van der Waals surface area contributed by atoms with Gasteiger partial charge in [-0.2, -0.15) is 0 Å². The summed E-state index contributed by atoms with van der Waals surface area (Å²) in [5.41, 5.74) is 2.68. The molecule has 1 fully saturated rings. The number of fused-ring (bicyclic) bond motifs is 3. The molecule has 0 aromatic heterocycles. The molecule has 0 amide bonds. The van der Waals surface area contributed by atoms with Gasteiger partial charge in [0.2, 0.25) is 0 Å². The Labute approximate surface area is 98.0 Å². The summed E-state index contributed by atoms with van der Waals surface area (Å²) >= 11 is 3.51. The Bertz CT molecular complexity index is 452. The van der Waals surface area contributed by atoms with Crippen LogP contribution in [0.15, 0.2) is 22.7 Å². The lowest BCUT2D eigenvalue weighted by Gasteiger charge is -2.21. The van der Waals surface area contributed by atoms with Crippen molar-refractivity contribution in [3.05, 3.63) is 33.8 Å². The number of benzene rings is 1. The summed E-state index contributed by atoms with van der Waals surface area (Å²) in [4.78, 5) is 11.9. The molecule has 0 heterocycles. The lowest BCUT2D eigenvalue weighted by molar-refractivity contribution is -0.125. The predicted octanol–water partition coefficient (Wildman–Crippen LogP) is 3.46. The molecule has 1 nitrogen and oxygen atoms in total. The van der Waals surface area contributed by atoms with E-state index in [2.05, 4.69) is 41.1 Å². The van der Waals surface area contributed by atoms with E-state index in [1.807, 2.05) is 0 Å². The van der Waals surface area contributed by atoms with Crippen LogP contribution < -0.4 is 0 Å². The average molecular weight is 265 g/mol. The monoisotopic (exact) mass is 264 g/mol. The maximum absolute atomic E-state index is 11.9. The van der Waals surface area contributed by atoms with Gasteiger partial charge in [0, 0.05) is 16.3 Å². The van der Waals surface area contributed by atoms with Gasteiger partial charge in [-0.15, -0.1) is 0 Å². The van der Waals surface area contributed by atoms with Crippen molar-refractivity contribution in [1.29, 1.82) is 0 Å². The Kier molecular flexibility index (Phi) is 1.88. The first-order valence-corrected chi connectivity index (χ1v) is 6.22. The van der Waals surface area contributed by atoms with Crippen molar-refractivity contribution < 1.29 is 4.79 Å². The number of rotatable bonds is 0. The van der Waals surface area contributed by atoms with Crippen LogP contribution in [0.3, 0.4) is 0 Å². The highest BCUT2D eigenvalue weighted by atomic mass is 79.9. The Morgan fingerprint density at radius 3 is 3.07 bits per heavy atom. The minimum Gasteiger partial charge on any atom is -0.299 e. The molecule has 2 heteroatoms. The van der Waals surface area contributed by atoms with E-state index < -0.39 is 0 Å². The smallest absolute Gasteiger partial charge is 0.139 e. The highest BCUT2D eigenvalue weighted by molar-refractivity contribution is 9.10. The molecule has 0 N–H and O–H groups in total. The number of carbonyl (C=O) groups excluding carboxylic acids is 1. The Morgan fingerprint density at radius 1 is 1.47 bits per heavy atom. The van der Waals surface area contributed by atoms with Gasteiger partial charge in [-0.3, -0.25) is 4.79 Å². The molecule has 1 aromatic rings. The average Bonchev–Trinajstić information content (AvgIpc) is 2.62. The quantitative estimate of drug-likeness (QED) is 0.702. The van der Waals surface area contributed by atoms with Crippen molar-refractivity contribution >= 4 is 21.7 Å². The van der Waals surface area contributed by atoms with Gasteiger partial charge >= 0.3 is 0 Å². The van der Waals surface area contributed by atoms with Gasteiger partial charge in [0.25, 0.3) is 0 Å². The molecule has 0 aliphatic heterocycles. The summed E-state index contributed by atoms with van der Waals surface area (Å²) in [6, 6.07) is 6.44. The molecule has 2 aliphatic rings. The molecule has 1 saturated carbocycles. The molecule has 3 rings (SSSR count). The largest absolute Gasteiger partial charge is 0.299 e. The van der Waals surface area contributed by atoms with E-state index in [4.69, 9.17) is 0 Å². The van der Waals surface area contributed by atoms with Crippen LogP contribution in [0.5, 0.6) is 0 Å². The normalized spacial score (nSPS) is 32.9. The molecule has 2 aliphatic carbocycles. The van der Waals surface area contributed by atoms with Crippen LogP contribution in [0.4, 0.5) is 0 Å². The highest BCUT2D eigenvalue weighted by Gasteiger charge is 2.51. The lowest BCUT2D eigenvalue weighted by atomic mass is 9.80. The van der Waals surface area contributed by atoms with E-state index in [9.17, 15) is 4.79 Å². The van der Waals surface area contributed by atoms with Gasteiger partial charge < -0.3 is 0 Å². The van der Waals surface area contributed by atoms with Crippen LogP contribution in [0.25, 0.3) is 0 Å². The number of Topliss-reactive ketones (excluding diaryl/α,β-unsaturated/α-hetero) is 1. The molecule has 0 spiro atoms. The number of hydrogen-bond acceptors (Lipinski definition) is 1. The number of carbonyl (C=O) groups is 1. The Balaban J connectivity index is 2.15. The van der Waals surface area contributed by atoms with Gasteiger partial charge in [0.15, 0.2) is 0 Å². The van der Waals surface area contributed by atoms with Crippen LogP contribution in [-0.2, 0) is 11.2 Å². The minimum absolute atomic E-state index is 0.0941. The van der Waals surface area contributed by atoms with Crippen molar-refractivity contribution in [3.63, 3.8) is 0 Å². The second-order valence-corrected chi connectivity index (χ2v) is 5.87. The maximum Gasteiger partial charge on any atom is 0.139 e. The lowest BCUT2D eigenvalue weighted by Crippen LogP contribution is -2.24. The van der Waals surface area contributed by atoms with Crippen LogP contribution in [-0.4, -0.2) is 5.78 Å². The molecule has 0 saturated heterocycles. The van der Waals surface area contributed by atoms with Crippen LogP contribution in [0, 0.1) is 5.41 Å². The zero-order chi connectivity index (χ0) is 10.6. The van der Waals surface area contributed by atoms with Gasteiger partial charge in [0.05, 0.1) is 0 Å². The molecular weight excluding hydrogens is 252 g/mol. The number of halogens is 1. The van der Waals surface area contributed by atoms with Gasteiger partial charge in [-0.25, -0.2) is 0 Å². The fourth-order valence-corrected chi connectivity index (χ4v) is 3.62. The van der Waals surface area contributed by atoms with Crippen LogP contribution >= 0.6 is 15.9 Å². The summed E-state index contributed by atoms with van der Waals surface area (Å²) in [5, 5.41) is 0. The topological polar surface area (TPSA) is 17.1 Å². The third-order valence-electron chi connectivity index (χ3n) is 4.11. The maximum atomic E-state index is 11.9. The number of ketones is 1. The minimum atomic E-state index is -0.0941. The molecular formula is C13H13BrO. The summed E-state index contributed by atoms with van der Waals surface area (Å²) in [5.74, 6) is 0.928. The molecule has 0 bridgehead atoms. The first-order valence-electron chi connectivity index (χ1n) is 5.43. The zero-order valence-corrected chi connectivity index (χ0v) is 10.3. The van der Waals surface area contributed by atoms with E-state index in [-0.39, 0.29) is 5.41 Å². The van der Waals surface area contributed by atoms with Crippen LogP contribution in [0.2, 0.25) is 0 Å². The highest BCUT2D eigenvalue weighted by Crippen LogP contribution is 2.55. The SMILES string of the molecule is C[C@]12Cc3ccc(Br)cc3[C@H]1CCC2=O. The zero-order valence-electron chi connectivity index (χ0n) is 8.72. The molecule has 15 heavy (non-hydrogen) atoms. The molecule has 0 unspecified atom stereocenters. The standard InChI is InChI=1S/C13H13BrO/c1-13-7-8-2-3-9(14)6-10(8)11(13)4-5-12(13)15/h2-3,6,11H,4-5,7H2,1H3/t11-,13+/m1/s1. The summed E-state index contributed by atoms with van der Waals surface area (Å²) in [6.45, 7) is 2.14. The summed E-state index contributed by atoms with van der Waals surface area (Å²) in [7, 11) is 0. The molecule has 78 valence electrons. The number of hydrogen-bond donors (Lipinski definition) is 0. The van der Waals surface area contributed by atoms with E-state index >= 15 is 0 Å².